The summed E-state index contributed by atoms with van der Waals surface area (Å²) in [6.45, 7) is 1.85. The van der Waals surface area contributed by atoms with Crippen LogP contribution in [0, 0.1) is 0 Å². The number of sulfone groups is 1. The Balaban J connectivity index is 2.85. The zero-order valence-corrected chi connectivity index (χ0v) is 11.1. The number of nitrogens with two attached hydrogens (primary N) is 1. The van der Waals surface area contributed by atoms with Gasteiger partial charge in [-0.3, -0.25) is 0 Å². The summed E-state index contributed by atoms with van der Waals surface area (Å²) in [6, 6.07) is 8.05. The number of hydrogen-bond donors (Lipinski definition) is 2. The fourth-order valence-electron chi connectivity index (χ4n) is 1.67. The molecule has 0 radical (unpaired) electrons. The minimum atomic E-state index is -3.44. The first kappa shape index (κ1) is 14.5. The summed E-state index contributed by atoms with van der Waals surface area (Å²) in [7, 11) is -3.44. The third-order valence-electron chi connectivity index (χ3n) is 2.50. The lowest BCUT2D eigenvalue weighted by Gasteiger charge is -2.17. The Morgan fingerprint density at radius 3 is 2.44 bits per heavy atom. The van der Waals surface area contributed by atoms with Gasteiger partial charge in [0, 0.05) is 0 Å². The molecule has 1 rings (SSSR count). The molecule has 0 aliphatic carbocycles. The number of urea groups is 1. The molecule has 6 heteroatoms. The van der Waals surface area contributed by atoms with E-state index in [4.69, 9.17) is 5.73 Å². The van der Waals surface area contributed by atoms with Gasteiger partial charge in [-0.15, -0.1) is 0 Å². The summed E-state index contributed by atoms with van der Waals surface area (Å²) >= 11 is 0. The largest absolute Gasteiger partial charge is 0.352 e. The molecule has 0 saturated carbocycles. The third-order valence-corrected chi connectivity index (χ3v) is 4.45. The number of amides is 2. The summed E-state index contributed by atoms with van der Waals surface area (Å²) in [5.41, 5.74) is 5.70. The molecule has 0 aliphatic heterocycles. The molecular formula is C12H18N2O3S. The van der Waals surface area contributed by atoms with Crippen LogP contribution in [0.25, 0.3) is 0 Å². The monoisotopic (exact) mass is 270 g/mol. The zero-order chi connectivity index (χ0) is 13.6. The number of primary amides is 1. The van der Waals surface area contributed by atoms with Gasteiger partial charge in [-0.05, 0) is 12.0 Å². The molecule has 3 N–H and O–H groups in total. The van der Waals surface area contributed by atoms with Crippen LogP contribution in [0.3, 0.4) is 0 Å². The molecule has 0 heterocycles. The van der Waals surface area contributed by atoms with Gasteiger partial charge in [-0.1, -0.05) is 43.7 Å². The van der Waals surface area contributed by atoms with Gasteiger partial charge >= 0.3 is 6.03 Å². The van der Waals surface area contributed by atoms with Crippen molar-refractivity contribution in [3.8, 4) is 0 Å². The topological polar surface area (TPSA) is 89.3 Å². The molecule has 0 fully saturated rings. The van der Waals surface area contributed by atoms with Crippen LogP contribution in [0.15, 0.2) is 30.3 Å². The maximum atomic E-state index is 12.2. The van der Waals surface area contributed by atoms with Crippen molar-refractivity contribution in [2.24, 2.45) is 5.73 Å². The van der Waals surface area contributed by atoms with Crippen LogP contribution < -0.4 is 11.1 Å². The van der Waals surface area contributed by atoms with Gasteiger partial charge in [0.15, 0.2) is 9.84 Å². The van der Waals surface area contributed by atoms with E-state index < -0.39 is 21.2 Å². The lowest BCUT2D eigenvalue weighted by atomic mass is 10.2. The molecule has 2 amide bonds. The number of hydrogen-bond acceptors (Lipinski definition) is 3. The average molecular weight is 270 g/mol. The van der Waals surface area contributed by atoms with Crippen LogP contribution in [0.2, 0.25) is 0 Å². The van der Waals surface area contributed by atoms with Crippen molar-refractivity contribution in [1.29, 1.82) is 0 Å². The molecule has 0 aromatic heterocycles. The van der Waals surface area contributed by atoms with Crippen LogP contribution in [0.5, 0.6) is 0 Å². The van der Waals surface area contributed by atoms with E-state index >= 15 is 0 Å². The van der Waals surface area contributed by atoms with Gasteiger partial charge in [-0.25, -0.2) is 13.2 Å². The Labute approximate surface area is 107 Å². The summed E-state index contributed by atoms with van der Waals surface area (Å²) in [4.78, 5) is 10.8. The molecule has 0 spiro atoms. The quantitative estimate of drug-likeness (QED) is 0.818. The van der Waals surface area contributed by atoms with Gasteiger partial charge in [0.05, 0.1) is 5.75 Å². The van der Waals surface area contributed by atoms with Gasteiger partial charge in [0.25, 0.3) is 0 Å². The summed E-state index contributed by atoms with van der Waals surface area (Å²) in [5, 5.41) is 1.38. The molecule has 1 atom stereocenters. The fraction of sp³-hybridized carbons (Fsp3) is 0.417. The van der Waals surface area contributed by atoms with Crippen LogP contribution >= 0.6 is 0 Å². The van der Waals surface area contributed by atoms with Crippen molar-refractivity contribution >= 4 is 15.9 Å². The Bertz CT molecular complexity index is 485. The van der Waals surface area contributed by atoms with E-state index in [1.807, 2.05) is 13.0 Å². The number of carbonyl (C=O) groups is 1. The van der Waals surface area contributed by atoms with Crippen LogP contribution in [0.4, 0.5) is 4.79 Å². The number of nitrogens with one attached hydrogen (secondary N) is 1. The summed E-state index contributed by atoms with van der Waals surface area (Å²) in [5.74, 6) is -0.0984. The number of carbonyl (C=O) groups excluding carboxylic acids is 1. The second-order valence-corrected chi connectivity index (χ2v) is 6.26. The van der Waals surface area contributed by atoms with Crippen LogP contribution in [0.1, 0.15) is 25.3 Å². The molecule has 100 valence electrons. The van der Waals surface area contributed by atoms with Gasteiger partial charge in [0.1, 0.15) is 5.37 Å². The van der Waals surface area contributed by atoms with Crippen molar-refractivity contribution in [3.63, 3.8) is 0 Å². The lowest BCUT2D eigenvalue weighted by Crippen LogP contribution is -2.43. The Hall–Kier alpha value is -1.56. The molecule has 18 heavy (non-hydrogen) atoms. The molecule has 1 aromatic rings. The average Bonchev–Trinajstić information content (AvgIpc) is 2.28. The Morgan fingerprint density at radius 1 is 1.33 bits per heavy atom. The summed E-state index contributed by atoms with van der Waals surface area (Å²) in [6.07, 6.45) is 1.01. The first-order valence-electron chi connectivity index (χ1n) is 5.77. The van der Waals surface area contributed by atoms with Crippen molar-refractivity contribution in [2.75, 3.05) is 0 Å². The second kappa shape index (κ2) is 6.39. The molecule has 0 aliphatic rings. The second-order valence-electron chi connectivity index (χ2n) is 4.08. The van der Waals surface area contributed by atoms with Crippen molar-refractivity contribution < 1.29 is 13.2 Å². The Morgan fingerprint density at radius 2 is 1.94 bits per heavy atom. The van der Waals surface area contributed by atoms with E-state index in [0.29, 0.717) is 18.4 Å². The third kappa shape index (κ3) is 4.37. The smallest absolute Gasteiger partial charge is 0.313 e. The highest BCUT2D eigenvalue weighted by Gasteiger charge is 2.25. The van der Waals surface area contributed by atoms with E-state index in [9.17, 15) is 13.2 Å². The van der Waals surface area contributed by atoms with Crippen molar-refractivity contribution in [1.82, 2.24) is 5.32 Å². The summed E-state index contributed by atoms with van der Waals surface area (Å²) < 4.78 is 24.3. The first-order valence-corrected chi connectivity index (χ1v) is 7.48. The molecule has 0 bridgehead atoms. The molecular weight excluding hydrogens is 252 g/mol. The minimum Gasteiger partial charge on any atom is -0.352 e. The Kier molecular flexibility index (Phi) is 5.15. The normalized spacial score (nSPS) is 12.9. The minimum absolute atomic E-state index is 0.0984. The molecule has 0 saturated heterocycles. The van der Waals surface area contributed by atoms with Gasteiger partial charge in [0.2, 0.25) is 0 Å². The van der Waals surface area contributed by atoms with Crippen molar-refractivity contribution in [3.05, 3.63) is 35.9 Å². The fourth-order valence-corrected chi connectivity index (χ4v) is 3.42. The highest BCUT2D eigenvalue weighted by Crippen LogP contribution is 2.13. The highest BCUT2D eigenvalue weighted by atomic mass is 32.2. The van der Waals surface area contributed by atoms with E-state index in [-0.39, 0.29) is 5.75 Å². The van der Waals surface area contributed by atoms with Crippen LogP contribution in [-0.2, 0) is 15.6 Å². The zero-order valence-electron chi connectivity index (χ0n) is 10.3. The number of rotatable bonds is 6. The van der Waals surface area contributed by atoms with Gasteiger partial charge in [-0.2, -0.15) is 0 Å². The standard InChI is InChI=1S/C12H18N2O3S/c1-2-6-11(14-12(13)15)18(16,17)9-10-7-4-3-5-8-10/h3-5,7-8,11H,2,6,9H2,1H3,(H3,13,14,15). The van der Waals surface area contributed by atoms with E-state index in [1.165, 1.54) is 0 Å². The molecule has 5 nitrogen and oxygen atoms in total. The first-order chi connectivity index (χ1) is 8.45. The van der Waals surface area contributed by atoms with E-state index in [1.54, 1.807) is 24.3 Å². The predicted molar refractivity (Wildman–Crippen MR) is 70.5 cm³/mol. The van der Waals surface area contributed by atoms with Gasteiger partial charge < -0.3 is 11.1 Å². The maximum absolute atomic E-state index is 12.2. The number of benzene rings is 1. The predicted octanol–water partition coefficient (Wildman–Crippen LogP) is 1.40. The molecule has 1 aromatic carbocycles. The maximum Gasteiger partial charge on any atom is 0.313 e. The van der Waals surface area contributed by atoms with E-state index in [0.717, 1.165) is 0 Å². The molecule has 1 unspecified atom stereocenters. The van der Waals surface area contributed by atoms with E-state index in [2.05, 4.69) is 5.32 Å². The highest BCUT2D eigenvalue weighted by molar-refractivity contribution is 7.91. The SMILES string of the molecule is CCCC(NC(N)=O)S(=O)(=O)Cc1ccccc1. The van der Waals surface area contributed by atoms with Crippen LogP contribution in [-0.4, -0.2) is 19.8 Å². The lowest BCUT2D eigenvalue weighted by molar-refractivity contribution is 0.247. The van der Waals surface area contributed by atoms with Crippen molar-refractivity contribution in [2.45, 2.75) is 30.9 Å².